The first-order valence-corrected chi connectivity index (χ1v) is 9.24. The predicted molar refractivity (Wildman–Crippen MR) is 104 cm³/mol. The number of amides is 2. The third kappa shape index (κ3) is 6.45. The highest BCUT2D eigenvalue weighted by molar-refractivity contribution is 5.81. The molecule has 0 aromatic heterocycles. The topological polar surface area (TPSA) is 55.9 Å². The van der Waals surface area contributed by atoms with Gasteiger partial charge in [-0.25, -0.2) is 4.39 Å². The normalized spacial score (nSPS) is 16.6. The van der Waals surface area contributed by atoms with Crippen molar-refractivity contribution in [3.63, 3.8) is 0 Å². The number of benzene rings is 1. The van der Waals surface area contributed by atoms with Gasteiger partial charge in [-0.05, 0) is 24.6 Å². The molecule has 1 heterocycles. The SMILES string of the molecule is C=CCNC(=O)CN1CCN(C(C)C(=O)N(C)Cc2cccc(F)c2)CC1. The first-order valence-electron chi connectivity index (χ1n) is 9.24. The molecule has 1 aromatic carbocycles. The van der Waals surface area contributed by atoms with E-state index in [-0.39, 0.29) is 23.7 Å². The summed E-state index contributed by atoms with van der Waals surface area (Å²) in [5.41, 5.74) is 0.772. The molecule has 0 radical (unpaired) electrons. The summed E-state index contributed by atoms with van der Waals surface area (Å²) in [5, 5.41) is 2.77. The van der Waals surface area contributed by atoms with Gasteiger partial charge in [0.2, 0.25) is 11.8 Å². The highest BCUT2D eigenvalue weighted by Crippen LogP contribution is 2.11. The molecular formula is C20H29FN4O2. The molecule has 2 rings (SSSR count). The van der Waals surface area contributed by atoms with Crippen molar-refractivity contribution in [3.05, 3.63) is 48.3 Å². The lowest BCUT2D eigenvalue weighted by atomic mass is 10.1. The van der Waals surface area contributed by atoms with Crippen LogP contribution in [0.3, 0.4) is 0 Å². The molecule has 0 saturated carbocycles. The molecule has 1 unspecified atom stereocenters. The van der Waals surface area contributed by atoms with Gasteiger partial charge in [0.1, 0.15) is 5.82 Å². The Morgan fingerprint density at radius 1 is 1.33 bits per heavy atom. The fraction of sp³-hybridized carbons (Fsp3) is 0.500. The summed E-state index contributed by atoms with van der Waals surface area (Å²) in [6, 6.07) is 6.06. The van der Waals surface area contributed by atoms with Crippen LogP contribution in [0.15, 0.2) is 36.9 Å². The van der Waals surface area contributed by atoms with Crippen molar-refractivity contribution < 1.29 is 14.0 Å². The molecule has 1 saturated heterocycles. The van der Waals surface area contributed by atoms with E-state index >= 15 is 0 Å². The number of hydrogen-bond donors (Lipinski definition) is 1. The Kier molecular flexibility index (Phi) is 7.94. The molecule has 0 spiro atoms. The Balaban J connectivity index is 1.80. The number of likely N-dealkylation sites (N-methyl/N-ethyl adjacent to an activating group) is 1. The molecule has 148 valence electrons. The number of rotatable bonds is 8. The van der Waals surface area contributed by atoms with E-state index in [0.717, 1.165) is 31.7 Å². The Labute approximate surface area is 160 Å². The van der Waals surface area contributed by atoms with Gasteiger partial charge < -0.3 is 10.2 Å². The number of carbonyl (C=O) groups is 2. The number of nitrogens with one attached hydrogen (secondary N) is 1. The zero-order valence-corrected chi connectivity index (χ0v) is 16.2. The zero-order chi connectivity index (χ0) is 19.8. The van der Waals surface area contributed by atoms with E-state index in [1.165, 1.54) is 12.1 Å². The standard InChI is InChI=1S/C20H29FN4O2/c1-4-8-22-19(26)15-24-9-11-25(12-10-24)16(2)20(27)23(3)14-17-6-5-7-18(21)13-17/h4-7,13,16H,1,8-12,14-15H2,2-3H3,(H,22,26). The summed E-state index contributed by atoms with van der Waals surface area (Å²) in [5.74, 6) is -0.298. The summed E-state index contributed by atoms with van der Waals surface area (Å²) in [4.78, 5) is 30.3. The second-order valence-electron chi connectivity index (χ2n) is 6.91. The summed E-state index contributed by atoms with van der Waals surface area (Å²) in [6.45, 7) is 9.65. The maximum Gasteiger partial charge on any atom is 0.239 e. The minimum absolute atomic E-state index is 0.0106. The molecule has 1 aromatic rings. The van der Waals surface area contributed by atoms with Crippen molar-refractivity contribution in [2.24, 2.45) is 0 Å². The average molecular weight is 376 g/mol. The molecule has 6 nitrogen and oxygen atoms in total. The lowest BCUT2D eigenvalue weighted by molar-refractivity contribution is -0.136. The lowest BCUT2D eigenvalue weighted by Gasteiger charge is -2.38. The largest absolute Gasteiger partial charge is 0.352 e. The molecule has 1 atom stereocenters. The Morgan fingerprint density at radius 2 is 2.04 bits per heavy atom. The highest BCUT2D eigenvalue weighted by atomic mass is 19.1. The Bertz CT molecular complexity index is 659. The van der Waals surface area contributed by atoms with Gasteiger partial charge in [0.25, 0.3) is 0 Å². The van der Waals surface area contributed by atoms with Crippen LogP contribution in [0, 0.1) is 5.82 Å². The van der Waals surface area contributed by atoms with E-state index in [9.17, 15) is 14.0 Å². The molecule has 0 aliphatic carbocycles. The van der Waals surface area contributed by atoms with Crippen LogP contribution in [0.1, 0.15) is 12.5 Å². The van der Waals surface area contributed by atoms with Crippen LogP contribution in [0.4, 0.5) is 4.39 Å². The van der Waals surface area contributed by atoms with Crippen LogP contribution in [0.25, 0.3) is 0 Å². The van der Waals surface area contributed by atoms with Crippen molar-refractivity contribution in [2.75, 3.05) is 46.3 Å². The van der Waals surface area contributed by atoms with Gasteiger partial charge >= 0.3 is 0 Å². The van der Waals surface area contributed by atoms with Crippen molar-refractivity contribution in [2.45, 2.75) is 19.5 Å². The predicted octanol–water partition coefficient (Wildman–Crippen LogP) is 1.09. The molecule has 0 bridgehead atoms. The zero-order valence-electron chi connectivity index (χ0n) is 16.2. The van der Waals surface area contributed by atoms with Gasteiger partial charge in [-0.15, -0.1) is 6.58 Å². The number of halogens is 1. The van der Waals surface area contributed by atoms with Crippen LogP contribution >= 0.6 is 0 Å². The van der Waals surface area contributed by atoms with Crippen molar-refractivity contribution in [1.82, 2.24) is 20.0 Å². The smallest absolute Gasteiger partial charge is 0.239 e. The highest BCUT2D eigenvalue weighted by Gasteiger charge is 2.28. The number of hydrogen-bond acceptors (Lipinski definition) is 4. The second-order valence-corrected chi connectivity index (χ2v) is 6.91. The third-order valence-electron chi connectivity index (χ3n) is 4.81. The van der Waals surface area contributed by atoms with E-state index in [2.05, 4.69) is 21.7 Å². The first kappa shape index (κ1) is 21.1. The van der Waals surface area contributed by atoms with E-state index in [0.29, 0.717) is 19.6 Å². The molecular weight excluding hydrogens is 347 g/mol. The molecule has 27 heavy (non-hydrogen) atoms. The second kappa shape index (κ2) is 10.2. The van der Waals surface area contributed by atoms with Crippen molar-refractivity contribution in [1.29, 1.82) is 0 Å². The van der Waals surface area contributed by atoms with Crippen molar-refractivity contribution in [3.8, 4) is 0 Å². The average Bonchev–Trinajstić information content (AvgIpc) is 2.65. The summed E-state index contributed by atoms with van der Waals surface area (Å²) in [7, 11) is 1.74. The summed E-state index contributed by atoms with van der Waals surface area (Å²) >= 11 is 0. The summed E-state index contributed by atoms with van der Waals surface area (Å²) < 4.78 is 13.3. The number of nitrogens with zero attached hydrogens (tertiary/aromatic N) is 3. The van der Waals surface area contributed by atoms with Gasteiger partial charge in [-0.1, -0.05) is 18.2 Å². The number of piperazine rings is 1. The maximum atomic E-state index is 13.3. The molecule has 1 fully saturated rings. The van der Waals surface area contributed by atoms with Gasteiger partial charge in [0.15, 0.2) is 0 Å². The van der Waals surface area contributed by atoms with Gasteiger partial charge in [0.05, 0.1) is 12.6 Å². The summed E-state index contributed by atoms with van der Waals surface area (Å²) in [6.07, 6.45) is 1.66. The fourth-order valence-corrected chi connectivity index (χ4v) is 3.22. The molecule has 1 aliphatic rings. The third-order valence-corrected chi connectivity index (χ3v) is 4.81. The maximum absolute atomic E-state index is 13.3. The molecule has 7 heteroatoms. The first-order chi connectivity index (χ1) is 12.9. The Hall–Kier alpha value is -2.25. The van der Waals surface area contributed by atoms with Crippen LogP contribution < -0.4 is 5.32 Å². The van der Waals surface area contributed by atoms with Crippen LogP contribution in [-0.2, 0) is 16.1 Å². The van der Waals surface area contributed by atoms with E-state index in [4.69, 9.17) is 0 Å². The minimum Gasteiger partial charge on any atom is -0.352 e. The van der Waals surface area contributed by atoms with Gasteiger partial charge in [-0.3, -0.25) is 19.4 Å². The van der Waals surface area contributed by atoms with Crippen LogP contribution in [-0.4, -0.2) is 78.9 Å². The van der Waals surface area contributed by atoms with Crippen LogP contribution in [0.5, 0.6) is 0 Å². The quantitative estimate of drug-likeness (QED) is 0.690. The Morgan fingerprint density at radius 3 is 2.67 bits per heavy atom. The molecule has 1 N–H and O–H groups in total. The van der Waals surface area contributed by atoms with E-state index in [1.54, 1.807) is 24.1 Å². The fourth-order valence-electron chi connectivity index (χ4n) is 3.22. The van der Waals surface area contributed by atoms with Crippen LogP contribution in [0.2, 0.25) is 0 Å². The minimum atomic E-state index is -0.297. The molecule has 1 aliphatic heterocycles. The van der Waals surface area contributed by atoms with Crippen molar-refractivity contribution >= 4 is 11.8 Å². The van der Waals surface area contributed by atoms with Gasteiger partial charge in [0, 0.05) is 46.3 Å². The number of carbonyl (C=O) groups excluding carboxylic acids is 2. The van der Waals surface area contributed by atoms with Gasteiger partial charge in [-0.2, -0.15) is 0 Å². The lowest BCUT2D eigenvalue weighted by Crippen LogP contribution is -2.55. The monoisotopic (exact) mass is 376 g/mol. The van der Waals surface area contributed by atoms with E-state index in [1.807, 2.05) is 13.0 Å². The molecule has 2 amide bonds. The van der Waals surface area contributed by atoms with E-state index < -0.39 is 0 Å².